The maximum atomic E-state index is 13.1. The van der Waals surface area contributed by atoms with Gasteiger partial charge in [-0.15, -0.1) is 5.10 Å². The second-order valence-electron chi connectivity index (χ2n) is 3.82. The van der Waals surface area contributed by atoms with Gasteiger partial charge in [-0.2, -0.15) is 4.68 Å². The summed E-state index contributed by atoms with van der Waals surface area (Å²) in [6.45, 7) is 4.84. The van der Waals surface area contributed by atoms with E-state index in [4.69, 9.17) is 0 Å². The van der Waals surface area contributed by atoms with E-state index < -0.39 is 0 Å². The minimum Gasteiger partial charge on any atom is -0.308 e. The Labute approximate surface area is 118 Å². The van der Waals surface area contributed by atoms with Crippen LogP contribution in [0.15, 0.2) is 18.2 Å². The number of halogens is 2. The average molecular weight is 361 g/mol. The Morgan fingerprint density at radius 3 is 2.94 bits per heavy atom. The fourth-order valence-corrected chi connectivity index (χ4v) is 2.39. The number of rotatable bonds is 4. The van der Waals surface area contributed by atoms with Gasteiger partial charge >= 0.3 is 0 Å². The minimum absolute atomic E-state index is 0.0332. The van der Waals surface area contributed by atoms with Crippen LogP contribution in [0.25, 0.3) is 5.69 Å². The molecule has 1 heterocycles. The van der Waals surface area contributed by atoms with Crippen molar-refractivity contribution in [3.63, 3.8) is 0 Å². The minimum atomic E-state index is -0.266. The first kappa shape index (κ1) is 13.3. The van der Waals surface area contributed by atoms with E-state index in [0.29, 0.717) is 5.82 Å². The lowest BCUT2D eigenvalue weighted by atomic mass is 10.2. The first-order chi connectivity index (χ1) is 8.63. The van der Waals surface area contributed by atoms with Crippen molar-refractivity contribution in [1.29, 1.82) is 0 Å². The first-order valence-corrected chi connectivity index (χ1v) is 6.68. The van der Waals surface area contributed by atoms with E-state index in [9.17, 15) is 4.39 Å². The summed E-state index contributed by atoms with van der Waals surface area (Å²) in [4.78, 5) is 0. The van der Waals surface area contributed by atoms with Crippen molar-refractivity contribution in [2.24, 2.45) is 0 Å². The molecule has 2 rings (SSSR count). The van der Waals surface area contributed by atoms with Crippen LogP contribution in [0, 0.1) is 9.39 Å². The van der Waals surface area contributed by atoms with Crippen LogP contribution in [0.2, 0.25) is 0 Å². The van der Waals surface area contributed by atoms with Crippen LogP contribution in [0.5, 0.6) is 0 Å². The highest BCUT2D eigenvalue weighted by atomic mass is 127. The zero-order chi connectivity index (χ0) is 13.1. The van der Waals surface area contributed by atoms with Gasteiger partial charge in [-0.05, 0) is 64.7 Å². The highest BCUT2D eigenvalue weighted by molar-refractivity contribution is 14.1. The van der Waals surface area contributed by atoms with Crippen molar-refractivity contribution in [2.45, 2.75) is 19.9 Å². The first-order valence-electron chi connectivity index (χ1n) is 5.60. The van der Waals surface area contributed by atoms with Gasteiger partial charge in [0, 0.05) is 3.57 Å². The Kier molecular flexibility index (Phi) is 4.23. The molecule has 1 atom stereocenters. The summed E-state index contributed by atoms with van der Waals surface area (Å²) >= 11 is 2.07. The summed E-state index contributed by atoms with van der Waals surface area (Å²) in [5, 5.41) is 14.9. The van der Waals surface area contributed by atoms with Crippen LogP contribution in [-0.2, 0) is 0 Å². The van der Waals surface area contributed by atoms with E-state index in [1.807, 2.05) is 13.8 Å². The molecule has 0 saturated carbocycles. The average Bonchev–Trinajstić information content (AvgIpc) is 2.78. The summed E-state index contributed by atoms with van der Waals surface area (Å²) in [6, 6.07) is 4.57. The van der Waals surface area contributed by atoms with E-state index in [2.05, 4.69) is 43.4 Å². The molecular formula is C11H13FIN5. The van der Waals surface area contributed by atoms with Crippen LogP contribution in [0.4, 0.5) is 4.39 Å². The van der Waals surface area contributed by atoms with Gasteiger partial charge in [0.05, 0.1) is 11.7 Å². The van der Waals surface area contributed by atoms with E-state index in [1.165, 1.54) is 12.1 Å². The van der Waals surface area contributed by atoms with Gasteiger partial charge in [0.2, 0.25) is 0 Å². The maximum Gasteiger partial charge on any atom is 0.173 e. The molecule has 0 fully saturated rings. The molecule has 2 aromatic rings. The van der Waals surface area contributed by atoms with E-state index >= 15 is 0 Å². The van der Waals surface area contributed by atoms with Gasteiger partial charge in [0.25, 0.3) is 0 Å². The largest absolute Gasteiger partial charge is 0.308 e. The second-order valence-corrected chi connectivity index (χ2v) is 4.99. The summed E-state index contributed by atoms with van der Waals surface area (Å²) in [6.07, 6.45) is 0. The topological polar surface area (TPSA) is 55.6 Å². The van der Waals surface area contributed by atoms with Crippen molar-refractivity contribution >= 4 is 22.6 Å². The highest BCUT2D eigenvalue weighted by Gasteiger charge is 2.16. The van der Waals surface area contributed by atoms with E-state index in [0.717, 1.165) is 15.8 Å². The van der Waals surface area contributed by atoms with Crippen molar-refractivity contribution in [3.05, 3.63) is 33.4 Å². The molecule has 0 saturated heterocycles. The van der Waals surface area contributed by atoms with Crippen LogP contribution in [0.3, 0.4) is 0 Å². The molecule has 0 amide bonds. The Morgan fingerprint density at radius 2 is 2.28 bits per heavy atom. The molecule has 0 bridgehead atoms. The molecule has 96 valence electrons. The molecule has 5 nitrogen and oxygen atoms in total. The fraction of sp³-hybridized carbons (Fsp3) is 0.364. The molecule has 0 aliphatic heterocycles. The van der Waals surface area contributed by atoms with Crippen LogP contribution in [-0.4, -0.2) is 26.8 Å². The number of hydrogen-bond acceptors (Lipinski definition) is 4. The Bertz CT molecular complexity index is 542. The third-order valence-electron chi connectivity index (χ3n) is 2.53. The summed E-state index contributed by atoms with van der Waals surface area (Å²) in [7, 11) is 0. The smallest absolute Gasteiger partial charge is 0.173 e. The highest BCUT2D eigenvalue weighted by Crippen LogP contribution is 2.20. The summed E-state index contributed by atoms with van der Waals surface area (Å²) in [5.41, 5.74) is 0.779. The van der Waals surface area contributed by atoms with Gasteiger partial charge in [-0.3, -0.25) is 0 Å². The number of tetrazole rings is 1. The maximum absolute atomic E-state index is 13.1. The van der Waals surface area contributed by atoms with Crippen LogP contribution >= 0.6 is 22.6 Å². The lowest BCUT2D eigenvalue weighted by Gasteiger charge is -2.12. The Balaban J connectivity index is 2.42. The van der Waals surface area contributed by atoms with Crippen LogP contribution < -0.4 is 5.32 Å². The number of nitrogens with one attached hydrogen (secondary N) is 1. The Morgan fingerprint density at radius 1 is 1.50 bits per heavy atom. The number of hydrogen-bond donors (Lipinski definition) is 1. The monoisotopic (exact) mass is 361 g/mol. The molecule has 0 radical (unpaired) electrons. The van der Waals surface area contributed by atoms with Crippen LogP contribution in [0.1, 0.15) is 25.7 Å². The normalized spacial score (nSPS) is 12.7. The third kappa shape index (κ3) is 2.66. The lowest BCUT2D eigenvalue weighted by molar-refractivity contribution is 0.549. The van der Waals surface area contributed by atoms with Crippen molar-refractivity contribution in [3.8, 4) is 5.69 Å². The van der Waals surface area contributed by atoms with E-state index in [1.54, 1.807) is 10.7 Å². The number of benzene rings is 1. The van der Waals surface area contributed by atoms with Gasteiger partial charge in [0.1, 0.15) is 5.82 Å². The molecule has 1 aromatic carbocycles. The summed E-state index contributed by atoms with van der Waals surface area (Å²) < 4.78 is 15.5. The molecule has 1 N–H and O–H groups in total. The van der Waals surface area contributed by atoms with Gasteiger partial charge in [-0.25, -0.2) is 4.39 Å². The molecule has 1 aromatic heterocycles. The quantitative estimate of drug-likeness (QED) is 0.848. The molecule has 0 aliphatic carbocycles. The lowest BCUT2D eigenvalue weighted by Crippen LogP contribution is -2.21. The summed E-state index contributed by atoms with van der Waals surface area (Å²) in [5.74, 6) is 0.443. The van der Waals surface area contributed by atoms with Gasteiger partial charge < -0.3 is 5.32 Å². The predicted molar refractivity (Wildman–Crippen MR) is 73.9 cm³/mol. The van der Waals surface area contributed by atoms with Crippen molar-refractivity contribution in [1.82, 2.24) is 25.5 Å². The standard InChI is InChI=1S/C11H13FIN5/c1-3-14-7(2)11-15-16-17-18(11)10-5-4-8(12)6-9(10)13/h4-7,14H,3H2,1-2H3. The van der Waals surface area contributed by atoms with Gasteiger partial charge in [-0.1, -0.05) is 6.92 Å². The molecule has 0 aliphatic rings. The SMILES string of the molecule is CCNC(C)c1nnnn1-c1ccc(F)cc1I. The Hall–Kier alpha value is -1.09. The van der Waals surface area contributed by atoms with Gasteiger partial charge in [0.15, 0.2) is 5.82 Å². The molecule has 18 heavy (non-hydrogen) atoms. The zero-order valence-corrected chi connectivity index (χ0v) is 12.2. The molecule has 1 unspecified atom stereocenters. The van der Waals surface area contributed by atoms with Crippen molar-refractivity contribution < 1.29 is 4.39 Å². The zero-order valence-electron chi connectivity index (χ0n) is 10.1. The van der Waals surface area contributed by atoms with Crippen molar-refractivity contribution in [2.75, 3.05) is 6.54 Å². The molecular weight excluding hydrogens is 348 g/mol. The second kappa shape index (κ2) is 5.70. The predicted octanol–water partition coefficient (Wildman–Crippen LogP) is 2.08. The molecule has 0 spiro atoms. The third-order valence-corrected chi connectivity index (χ3v) is 3.39. The number of aromatic nitrogens is 4. The fourth-order valence-electron chi connectivity index (χ4n) is 1.69. The molecule has 7 heteroatoms. The van der Waals surface area contributed by atoms with E-state index in [-0.39, 0.29) is 11.9 Å². The number of nitrogens with zero attached hydrogens (tertiary/aromatic N) is 4.